The van der Waals surface area contributed by atoms with Crippen LogP contribution in [0.25, 0.3) is 0 Å². The van der Waals surface area contributed by atoms with Crippen molar-refractivity contribution in [1.29, 1.82) is 0 Å². The summed E-state index contributed by atoms with van der Waals surface area (Å²) in [4.78, 5) is 23.1. The molecule has 0 aliphatic rings. The number of rotatable bonds is 3. The predicted molar refractivity (Wildman–Crippen MR) is 95.4 cm³/mol. The van der Waals surface area contributed by atoms with E-state index in [1.807, 2.05) is 58.0 Å². The normalized spacial score (nSPS) is 15.7. The minimum absolute atomic E-state index is 0.0140. The topological polar surface area (TPSA) is 68.9 Å². The van der Waals surface area contributed by atoms with E-state index in [4.69, 9.17) is 5.14 Å². The van der Waals surface area contributed by atoms with E-state index >= 15 is 0 Å². The van der Waals surface area contributed by atoms with Gasteiger partial charge in [-0.1, -0.05) is 45.9 Å². The Morgan fingerprint density at radius 1 is 1.22 bits per heavy atom. The Bertz CT molecular complexity index is 710. The average Bonchev–Trinajstić information content (AvgIpc) is 2.53. The Balaban J connectivity index is 2.68. The second-order valence-corrected chi connectivity index (χ2v) is 9.15. The third-order valence-corrected chi connectivity index (χ3v) is 6.73. The second kappa shape index (κ2) is 6.42. The number of carbonyl (C=O) groups is 1. The van der Waals surface area contributed by atoms with Crippen molar-refractivity contribution in [2.24, 2.45) is 10.6 Å². The molecule has 2 aromatic rings. The number of benzene rings is 1. The molecule has 2 rings (SSSR count). The molecular formula is C18H25N3OS. The molecule has 0 radical (unpaired) electrons. The van der Waals surface area contributed by atoms with Gasteiger partial charge in [0.1, 0.15) is 0 Å². The summed E-state index contributed by atoms with van der Waals surface area (Å²) in [5.74, 6) is 0. The number of nitrogens with two attached hydrogens (primary N) is 1. The number of hydrogen-bond acceptors (Lipinski definition) is 4. The number of nitrogens with zero attached hydrogens (tertiary/aromatic N) is 2. The number of hydrogen-bond donors (Lipinski definition) is 1. The van der Waals surface area contributed by atoms with Crippen molar-refractivity contribution < 1.29 is 4.79 Å². The van der Waals surface area contributed by atoms with Crippen LogP contribution in [0.15, 0.2) is 46.6 Å². The summed E-state index contributed by atoms with van der Waals surface area (Å²) in [6.45, 7) is 9.67. The van der Waals surface area contributed by atoms with Gasteiger partial charge in [0.2, 0.25) is 0 Å². The maximum atomic E-state index is 13.2. The van der Waals surface area contributed by atoms with Gasteiger partial charge in [0.15, 0.2) is 10.3 Å². The smallest absolute Gasteiger partial charge is 0.200 e. The third kappa shape index (κ3) is 3.31. The SMILES string of the molecule is CCc1cnc(S(N)(C(=O)C(C)(C)C)c2ccccc2)nc1C. The van der Waals surface area contributed by atoms with Crippen LogP contribution in [-0.4, -0.2) is 15.1 Å². The fourth-order valence-electron chi connectivity index (χ4n) is 2.39. The Labute approximate surface area is 140 Å². The summed E-state index contributed by atoms with van der Waals surface area (Å²) in [6.07, 6.45) is 2.66. The van der Waals surface area contributed by atoms with E-state index in [0.29, 0.717) is 5.16 Å². The fourth-order valence-corrected chi connectivity index (χ4v) is 5.03. The highest BCUT2D eigenvalue weighted by atomic mass is 32.3. The van der Waals surface area contributed by atoms with Gasteiger partial charge in [-0.2, -0.15) is 0 Å². The quantitative estimate of drug-likeness (QED) is 0.863. The van der Waals surface area contributed by atoms with E-state index < -0.39 is 15.6 Å². The van der Waals surface area contributed by atoms with E-state index in [1.54, 1.807) is 6.20 Å². The first kappa shape index (κ1) is 17.6. The molecule has 1 atom stereocenters. The van der Waals surface area contributed by atoms with Crippen LogP contribution < -0.4 is 5.14 Å². The lowest BCUT2D eigenvalue weighted by atomic mass is 9.99. The lowest BCUT2D eigenvalue weighted by Crippen LogP contribution is -2.33. The fraction of sp³-hybridized carbons (Fsp3) is 0.389. The monoisotopic (exact) mass is 331 g/mol. The lowest BCUT2D eigenvalue weighted by molar-refractivity contribution is -0.117. The summed E-state index contributed by atoms with van der Waals surface area (Å²) < 4.78 is 0. The molecule has 0 fully saturated rings. The number of carbonyl (C=O) groups excluding carboxylic acids is 1. The van der Waals surface area contributed by atoms with Crippen LogP contribution in [0, 0.1) is 12.3 Å². The van der Waals surface area contributed by atoms with Crippen LogP contribution in [0.1, 0.15) is 39.0 Å². The summed E-state index contributed by atoms with van der Waals surface area (Å²) in [5, 5.41) is 7.17. The highest BCUT2D eigenvalue weighted by molar-refractivity contribution is 8.43. The third-order valence-electron chi connectivity index (χ3n) is 3.75. The second-order valence-electron chi connectivity index (χ2n) is 6.63. The van der Waals surface area contributed by atoms with Gasteiger partial charge >= 0.3 is 0 Å². The highest BCUT2D eigenvalue weighted by Gasteiger charge is 2.41. The Morgan fingerprint density at radius 3 is 2.30 bits per heavy atom. The minimum Gasteiger partial charge on any atom is -0.286 e. The molecule has 0 bridgehead atoms. The summed E-state index contributed by atoms with van der Waals surface area (Å²) in [5.41, 5.74) is 1.39. The van der Waals surface area contributed by atoms with Crippen molar-refractivity contribution in [2.75, 3.05) is 0 Å². The number of aryl methyl sites for hydroxylation is 2. The van der Waals surface area contributed by atoms with Gasteiger partial charge in [-0.25, -0.2) is 9.97 Å². The Kier molecular flexibility index (Phi) is 4.92. The first-order valence-corrected chi connectivity index (χ1v) is 9.44. The van der Waals surface area contributed by atoms with Crippen molar-refractivity contribution in [3.8, 4) is 0 Å². The molecule has 0 saturated carbocycles. The molecule has 2 N–H and O–H groups in total. The van der Waals surface area contributed by atoms with Crippen LogP contribution in [0.3, 0.4) is 0 Å². The van der Waals surface area contributed by atoms with E-state index in [2.05, 4.69) is 16.9 Å². The zero-order valence-corrected chi connectivity index (χ0v) is 15.3. The molecule has 0 aliphatic carbocycles. The molecule has 1 heterocycles. The first-order chi connectivity index (χ1) is 10.7. The lowest BCUT2D eigenvalue weighted by Gasteiger charge is -2.37. The molecule has 4 nitrogen and oxygen atoms in total. The zero-order chi connectivity index (χ0) is 17.3. The highest BCUT2D eigenvalue weighted by Crippen LogP contribution is 2.58. The molecule has 0 aliphatic heterocycles. The van der Waals surface area contributed by atoms with Crippen LogP contribution in [0.4, 0.5) is 0 Å². The van der Waals surface area contributed by atoms with Crippen LogP contribution in [0.2, 0.25) is 0 Å². The van der Waals surface area contributed by atoms with Gasteiger partial charge in [0.25, 0.3) is 0 Å². The maximum absolute atomic E-state index is 13.2. The zero-order valence-electron chi connectivity index (χ0n) is 14.5. The van der Waals surface area contributed by atoms with Crippen molar-refractivity contribution >= 4 is 15.3 Å². The molecule has 1 unspecified atom stereocenters. The minimum atomic E-state index is -2.44. The molecular weight excluding hydrogens is 306 g/mol. The van der Waals surface area contributed by atoms with Crippen molar-refractivity contribution in [2.45, 2.75) is 51.1 Å². The molecule has 0 amide bonds. The van der Waals surface area contributed by atoms with Crippen molar-refractivity contribution in [3.05, 3.63) is 47.8 Å². The van der Waals surface area contributed by atoms with E-state index in [-0.39, 0.29) is 5.12 Å². The standard InChI is InChI=1S/C18H25N3OS/c1-6-14-12-20-17(21-13(14)2)23(19,16(22)18(3,4)5)15-10-8-7-9-11-15/h7-12H,6,19H2,1-5H3. The largest absolute Gasteiger partial charge is 0.286 e. The summed E-state index contributed by atoms with van der Waals surface area (Å²) in [7, 11) is -2.44. The van der Waals surface area contributed by atoms with E-state index in [9.17, 15) is 4.79 Å². The molecule has 23 heavy (non-hydrogen) atoms. The van der Waals surface area contributed by atoms with Gasteiger partial charge in [-0.15, -0.1) is 0 Å². The van der Waals surface area contributed by atoms with Crippen LogP contribution in [-0.2, 0) is 11.2 Å². The number of aromatic nitrogens is 2. The van der Waals surface area contributed by atoms with Gasteiger partial charge in [0, 0.05) is 22.2 Å². The summed E-state index contributed by atoms with van der Waals surface area (Å²) >= 11 is 0. The molecule has 0 spiro atoms. The van der Waals surface area contributed by atoms with Crippen LogP contribution >= 0.6 is 10.2 Å². The molecule has 5 heteroatoms. The van der Waals surface area contributed by atoms with Gasteiger partial charge < -0.3 is 0 Å². The molecule has 0 saturated heterocycles. The van der Waals surface area contributed by atoms with Crippen molar-refractivity contribution in [3.63, 3.8) is 0 Å². The average molecular weight is 331 g/mol. The van der Waals surface area contributed by atoms with Crippen molar-refractivity contribution in [1.82, 2.24) is 9.97 Å². The van der Waals surface area contributed by atoms with E-state index in [0.717, 1.165) is 22.6 Å². The molecule has 124 valence electrons. The Hall–Kier alpha value is -1.72. The van der Waals surface area contributed by atoms with Crippen LogP contribution in [0.5, 0.6) is 0 Å². The summed E-state index contributed by atoms with van der Waals surface area (Å²) in [6, 6.07) is 9.49. The van der Waals surface area contributed by atoms with Gasteiger partial charge in [0.05, 0.1) is 0 Å². The maximum Gasteiger partial charge on any atom is 0.200 e. The molecule has 1 aromatic carbocycles. The van der Waals surface area contributed by atoms with Gasteiger partial charge in [-0.05, 0) is 41.3 Å². The first-order valence-electron chi connectivity index (χ1n) is 7.74. The molecule has 1 aromatic heterocycles. The van der Waals surface area contributed by atoms with E-state index in [1.165, 1.54) is 0 Å². The van der Waals surface area contributed by atoms with Gasteiger partial charge in [-0.3, -0.25) is 9.93 Å². The predicted octanol–water partition coefficient (Wildman–Crippen LogP) is 4.02. The Morgan fingerprint density at radius 2 is 1.83 bits per heavy atom.